The summed E-state index contributed by atoms with van der Waals surface area (Å²) in [7, 11) is 2.09. The average Bonchev–Trinajstić information content (AvgIpc) is 2.86. The molecule has 2 amide bonds. The predicted molar refractivity (Wildman–Crippen MR) is 96.4 cm³/mol. The molecular weight excluding hydrogens is 369 g/mol. The number of primary amides is 1. The number of likely N-dealkylation sites (N-methyl/N-ethyl adjacent to an activating group) is 1. The average molecular weight is 385 g/mol. The number of amides is 2. The molecule has 4 N–H and O–H groups in total. The van der Waals surface area contributed by atoms with Crippen molar-refractivity contribution < 1.29 is 14.5 Å². The first kappa shape index (κ1) is 17.2. The van der Waals surface area contributed by atoms with Gasteiger partial charge in [0.15, 0.2) is 0 Å². The first-order valence-corrected chi connectivity index (χ1v) is 8.96. The Hall–Kier alpha value is -1.60. The van der Waals surface area contributed by atoms with E-state index in [4.69, 9.17) is 28.9 Å². The zero-order chi connectivity index (χ0) is 17.4. The zero-order valence-corrected chi connectivity index (χ0v) is 15.2. The Morgan fingerprint density at radius 2 is 2.08 bits per heavy atom. The van der Waals surface area contributed by atoms with E-state index in [1.54, 1.807) is 12.1 Å². The monoisotopic (exact) mass is 384 g/mol. The number of benzene rings is 1. The van der Waals surface area contributed by atoms with Gasteiger partial charge in [-0.05, 0) is 23.8 Å². The smallest absolute Gasteiger partial charge is 0.257 e. The fraction of sp³-hybridized carbons (Fsp3) is 0.250. The summed E-state index contributed by atoms with van der Waals surface area (Å²) in [6.45, 7) is 1.74. The molecule has 1 unspecified atom stereocenters. The highest BCUT2D eigenvalue weighted by Crippen LogP contribution is 2.35. The lowest BCUT2D eigenvalue weighted by molar-refractivity contribution is -0.895. The molecular formula is C16H16Cl2N3O2S+. The summed E-state index contributed by atoms with van der Waals surface area (Å²) in [6, 6.07) is 4.66. The molecule has 8 heteroatoms. The maximum absolute atomic E-state index is 12.5. The number of fused-ring (bicyclic) bond motifs is 1. The molecule has 0 saturated carbocycles. The Morgan fingerprint density at radius 1 is 1.33 bits per heavy atom. The lowest BCUT2D eigenvalue weighted by Crippen LogP contribution is -3.08. The molecule has 1 atom stereocenters. The summed E-state index contributed by atoms with van der Waals surface area (Å²) in [6.07, 6.45) is 0.768. The molecule has 0 bridgehead atoms. The maximum Gasteiger partial charge on any atom is 0.257 e. The van der Waals surface area contributed by atoms with E-state index in [1.165, 1.54) is 22.3 Å². The van der Waals surface area contributed by atoms with E-state index in [-0.39, 0.29) is 5.56 Å². The molecule has 0 saturated heterocycles. The van der Waals surface area contributed by atoms with Crippen molar-refractivity contribution in [1.29, 1.82) is 0 Å². The van der Waals surface area contributed by atoms with Gasteiger partial charge in [0, 0.05) is 11.4 Å². The van der Waals surface area contributed by atoms with E-state index >= 15 is 0 Å². The highest BCUT2D eigenvalue weighted by atomic mass is 35.5. The molecule has 0 fully saturated rings. The number of rotatable bonds is 3. The van der Waals surface area contributed by atoms with Gasteiger partial charge in [-0.25, -0.2) is 0 Å². The van der Waals surface area contributed by atoms with Crippen molar-refractivity contribution in [2.24, 2.45) is 5.73 Å². The van der Waals surface area contributed by atoms with Crippen LogP contribution < -0.4 is 16.0 Å². The fourth-order valence-corrected chi connectivity index (χ4v) is 4.55. The molecule has 1 aromatic carbocycles. The van der Waals surface area contributed by atoms with Crippen LogP contribution in [-0.2, 0) is 13.0 Å². The topological polar surface area (TPSA) is 76.6 Å². The normalized spacial score (nSPS) is 16.5. The van der Waals surface area contributed by atoms with E-state index in [0.717, 1.165) is 30.0 Å². The lowest BCUT2D eigenvalue weighted by Gasteiger charge is -2.19. The van der Waals surface area contributed by atoms with Gasteiger partial charge in [-0.15, -0.1) is 11.3 Å². The van der Waals surface area contributed by atoms with Crippen LogP contribution in [0.1, 0.15) is 31.2 Å². The van der Waals surface area contributed by atoms with Crippen molar-refractivity contribution in [3.63, 3.8) is 0 Å². The van der Waals surface area contributed by atoms with Crippen LogP contribution in [0.2, 0.25) is 10.0 Å². The molecule has 3 rings (SSSR count). The van der Waals surface area contributed by atoms with Gasteiger partial charge in [0.1, 0.15) is 11.5 Å². The highest BCUT2D eigenvalue weighted by molar-refractivity contribution is 7.17. The molecule has 126 valence electrons. The van der Waals surface area contributed by atoms with Crippen molar-refractivity contribution >= 4 is 51.4 Å². The molecule has 1 aliphatic heterocycles. The quantitative estimate of drug-likeness (QED) is 0.756. The van der Waals surface area contributed by atoms with E-state index in [1.807, 2.05) is 0 Å². The van der Waals surface area contributed by atoms with Gasteiger partial charge in [-0.3, -0.25) is 9.59 Å². The third-order valence-electron chi connectivity index (χ3n) is 4.00. The van der Waals surface area contributed by atoms with Crippen LogP contribution in [0, 0.1) is 0 Å². The Labute approximate surface area is 153 Å². The molecule has 2 heterocycles. The third-order valence-corrected chi connectivity index (χ3v) is 5.71. The van der Waals surface area contributed by atoms with Gasteiger partial charge in [-0.2, -0.15) is 0 Å². The second-order valence-electron chi connectivity index (χ2n) is 5.78. The summed E-state index contributed by atoms with van der Waals surface area (Å²) in [5, 5.41) is 3.96. The Morgan fingerprint density at radius 3 is 2.79 bits per heavy atom. The summed E-state index contributed by atoms with van der Waals surface area (Å²) >= 11 is 13.4. The number of thiophene rings is 1. The zero-order valence-electron chi connectivity index (χ0n) is 12.9. The van der Waals surface area contributed by atoms with Gasteiger partial charge in [0.25, 0.3) is 11.8 Å². The standard InChI is InChI=1S/C16H15Cl2N3O2S/c1-21-5-4-9-12(7-21)24-16(13(9)14(19)22)20-15(23)10-6-8(17)2-3-11(10)18/h2-3,6H,4-5,7H2,1H3,(H2,19,22)(H,20,23)/p+1. The van der Waals surface area contributed by atoms with Gasteiger partial charge in [0.05, 0.1) is 34.6 Å². The number of nitrogens with two attached hydrogens (primary N) is 1. The van der Waals surface area contributed by atoms with E-state index in [2.05, 4.69) is 12.4 Å². The molecule has 0 aliphatic carbocycles. The number of anilines is 1. The fourth-order valence-electron chi connectivity index (χ4n) is 2.81. The lowest BCUT2D eigenvalue weighted by atomic mass is 10.0. The molecule has 5 nitrogen and oxygen atoms in total. The number of halogens is 2. The number of nitrogens with one attached hydrogen (secondary N) is 2. The molecule has 2 aromatic rings. The van der Waals surface area contributed by atoms with Crippen LogP contribution in [0.25, 0.3) is 0 Å². The van der Waals surface area contributed by atoms with Crippen LogP contribution >= 0.6 is 34.5 Å². The van der Waals surface area contributed by atoms with E-state index in [9.17, 15) is 9.59 Å². The Bertz CT molecular complexity index is 835. The summed E-state index contributed by atoms with van der Waals surface area (Å²) in [5.41, 5.74) is 7.17. The number of hydrogen-bond donors (Lipinski definition) is 3. The van der Waals surface area contributed by atoms with Crippen molar-refractivity contribution in [1.82, 2.24) is 0 Å². The second-order valence-corrected chi connectivity index (χ2v) is 7.73. The minimum Gasteiger partial charge on any atom is -0.365 e. The van der Waals surface area contributed by atoms with E-state index < -0.39 is 11.8 Å². The van der Waals surface area contributed by atoms with Gasteiger partial charge >= 0.3 is 0 Å². The van der Waals surface area contributed by atoms with Crippen molar-refractivity contribution in [2.45, 2.75) is 13.0 Å². The molecule has 0 radical (unpaired) electrons. The van der Waals surface area contributed by atoms with E-state index in [0.29, 0.717) is 20.6 Å². The number of quaternary nitrogens is 1. The van der Waals surface area contributed by atoms with Crippen LogP contribution in [-0.4, -0.2) is 25.4 Å². The highest BCUT2D eigenvalue weighted by Gasteiger charge is 2.28. The summed E-state index contributed by atoms with van der Waals surface area (Å²) in [4.78, 5) is 26.9. The first-order valence-electron chi connectivity index (χ1n) is 7.39. The molecule has 1 aliphatic rings. The Kier molecular flexibility index (Phi) is 4.83. The molecule has 24 heavy (non-hydrogen) atoms. The van der Waals surface area contributed by atoms with Crippen LogP contribution in [0.4, 0.5) is 5.00 Å². The van der Waals surface area contributed by atoms with Crippen LogP contribution in [0.3, 0.4) is 0 Å². The third kappa shape index (κ3) is 3.28. The van der Waals surface area contributed by atoms with Crippen LogP contribution in [0.5, 0.6) is 0 Å². The van der Waals surface area contributed by atoms with Crippen LogP contribution in [0.15, 0.2) is 18.2 Å². The number of hydrogen-bond acceptors (Lipinski definition) is 3. The maximum atomic E-state index is 12.5. The van der Waals surface area contributed by atoms with Crippen molar-refractivity contribution in [2.75, 3.05) is 18.9 Å². The predicted octanol–water partition coefficient (Wildman–Crippen LogP) is 1.98. The Balaban J connectivity index is 1.96. The first-order chi connectivity index (χ1) is 11.4. The van der Waals surface area contributed by atoms with Gasteiger partial charge in [-0.1, -0.05) is 23.2 Å². The largest absolute Gasteiger partial charge is 0.365 e. The van der Waals surface area contributed by atoms with Gasteiger partial charge in [0.2, 0.25) is 0 Å². The summed E-state index contributed by atoms with van der Waals surface area (Å²) < 4.78 is 0. The van der Waals surface area contributed by atoms with Crippen molar-refractivity contribution in [3.05, 3.63) is 49.8 Å². The van der Waals surface area contributed by atoms with Crippen molar-refractivity contribution in [3.8, 4) is 0 Å². The minimum absolute atomic E-state index is 0.258. The number of carbonyl (C=O) groups is 2. The van der Waals surface area contributed by atoms with Gasteiger partial charge < -0.3 is 16.0 Å². The molecule has 1 aromatic heterocycles. The minimum atomic E-state index is -0.528. The second kappa shape index (κ2) is 6.72. The molecule has 0 spiro atoms. The summed E-state index contributed by atoms with van der Waals surface area (Å²) in [5.74, 6) is -0.941. The SMILES string of the molecule is C[NH+]1CCc2c(sc(NC(=O)c3cc(Cl)ccc3Cl)c2C(N)=O)C1. The number of carbonyl (C=O) groups excluding carboxylic acids is 2.